The Labute approximate surface area is 107 Å². The molecule has 5 nitrogen and oxygen atoms in total. The van der Waals surface area contributed by atoms with Gasteiger partial charge in [-0.3, -0.25) is 0 Å². The summed E-state index contributed by atoms with van der Waals surface area (Å²) in [5.41, 5.74) is -0.844. The average molecular weight is 254 g/mol. The van der Waals surface area contributed by atoms with E-state index >= 15 is 0 Å². The third-order valence-electron chi connectivity index (χ3n) is 4.54. The molecule has 3 N–H and O–H groups in total. The first-order valence-corrected chi connectivity index (χ1v) is 6.71. The lowest BCUT2D eigenvalue weighted by atomic mass is 9.96. The highest BCUT2D eigenvalue weighted by Gasteiger charge is 2.49. The van der Waals surface area contributed by atoms with Crippen LogP contribution < -0.4 is 10.6 Å². The first-order chi connectivity index (χ1) is 8.42. The maximum atomic E-state index is 11.8. The van der Waals surface area contributed by atoms with E-state index in [0.717, 1.165) is 32.1 Å². The molecule has 0 aromatic carbocycles. The van der Waals surface area contributed by atoms with Gasteiger partial charge in [0.05, 0.1) is 0 Å². The van der Waals surface area contributed by atoms with Crippen molar-refractivity contribution in [3.05, 3.63) is 0 Å². The number of rotatable bonds is 6. The highest BCUT2D eigenvalue weighted by Crippen LogP contribution is 2.47. The van der Waals surface area contributed by atoms with Crippen LogP contribution >= 0.6 is 0 Å². The van der Waals surface area contributed by atoms with Crippen molar-refractivity contribution in [2.45, 2.75) is 51.5 Å². The standard InChI is InChI=1S/C13H22N2O3/c1-3-13(6-7-13)8-14-11(18)15-12(2,10(16)17)9-4-5-9/h9H,3-8H2,1-2H3,(H,16,17)(H2,14,15,18). The molecule has 1 atom stereocenters. The number of urea groups is 1. The Kier molecular flexibility index (Phi) is 3.25. The molecule has 2 fully saturated rings. The van der Waals surface area contributed by atoms with Crippen LogP contribution in [0.25, 0.3) is 0 Å². The van der Waals surface area contributed by atoms with E-state index in [9.17, 15) is 14.7 Å². The van der Waals surface area contributed by atoms with Gasteiger partial charge in [-0.25, -0.2) is 9.59 Å². The quantitative estimate of drug-likeness (QED) is 0.675. The van der Waals surface area contributed by atoms with Gasteiger partial charge in [0.15, 0.2) is 0 Å². The Morgan fingerprint density at radius 3 is 2.39 bits per heavy atom. The second-order valence-electron chi connectivity index (χ2n) is 5.94. The van der Waals surface area contributed by atoms with Crippen molar-refractivity contribution in [1.82, 2.24) is 10.6 Å². The zero-order valence-corrected chi connectivity index (χ0v) is 11.1. The highest BCUT2D eigenvalue weighted by molar-refractivity contribution is 5.86. The summed E-state index contributed by atoms with van der Waals surface area (Å²) >= 11 is 0. The molecule has 1 unspecified atom stereocenters. The number of aliphatic carboxylic acids is 1. The molecule has 2 aliphatic carbocycles. The van der Waals surface area contributed by atoms with E-state index in [4.69, 9.17) is 0 Å². The fourth-order valence-corrected chi connectivity index (χ4v) is 2.37. The topological polar surface area (TPSA) is 78.4 Å². The van der Waals surface area contributed by atoms with E-state index < -0.39 is 11.5 Å². The van der Waals surface area contributed by atoms with Crippen LogP contribution in [0.15, 0.2) is 0 Å². The SMILES string of the molecule is CCC1(CNC(=O)NC(C)(C(=O)O)C2CC2)CC1. The number of nitrogens with one attached hydrogen (secondary N) is 2. The zero-order valence-electron chi connectivity index (χ0n) is 11.1. The summed E-state index contributed by atoms with van der Waals surface area (Å²) in [7, 11) is 0. The molecule has 2 amide bonds. The van der Waals surface area contributed by atoms with E-state index in [0.29, 0.717) is 6.54 Å². The van der Waals surface area contributed by atoms with Crippen LogP contribution in [0.4, 0.5) is 4.79 Å². The lowest BCUT2D eigenvalue weighted by molar-refractivity contribution is -0.144. The second-order valence-corrected chi connectivity index (χ2v) is 5.94. The Morgan fingerprint density at radius 1 is 1.39 bits per heavy atom. The smallest absolute Gasteiger partial charge is 0.329 e. The van der Waals surface area contributed by atoms with Gasteiger partial charge < -0.3 is 15.7 Å². The van der Waals surface area contributed by atoms with Gasteiger partial charge in [0.1, 0.15) is 5.54 Å². The fraction of sp³-hybridized carbons (Fsp3) is 0.846. The molecule has 2 rings (SSSR count). The van der Waals surface area contributed by atoms with Gasteiger partial charge in [-0.05, 0) is 50.4 Å². The highest BCUT2D eigenvalue weighted by atomic mass is 16.4. The van der Waals surface area contributed by atoms with Crippen molar-refractivity contribution in [3.8, 4) is 0 Å². The predicted molar refractivity (Wildman–Crippen MR) is 67.3 cm³/mol. The van der Waals surface area contributed by atoms with Gasteiger partial charge in [-0.2, -0.15) is 0 Å². The molecule has 0 radical (unpaired) electrons. The van der Waals surface area contributed by atoms with Crippen LogP contribution in [0.3, 0.4) is 0 Å². The largest absolute Gasteiger partial charge is 0.480 e. The molecule has 0 saturated heterocycles. The molecule has 102 valence electrons. The molecule has 5 heteroatoms. The van der Waals surface area contributed by atoms with E-state index in [-0.39, 0.29) is 17.4 Å². The van der Waals surface area contributed by atoms with Crippen LogP contribution in [0.1, 0.15) is 46.0 Å². The summed E-state index contributed by atoms with van der Waals surface area (Å²) in [6, 6.07) is -0.355. The Bertz CT molecular complexity index is 361. The minimum atomic E-state index is -1.12. The molecule has 0 spiro atoms. The van der Waals surface area contributed by atoms with E-state index in [2.05, 4.69) is 17.6 Å². The number of carboxylic acids is 1. The predicted octanol–water partition coefficient (Wildman–Crippen LogP) is 1.73. The average Bonchev–Trinajstić information content (AvgIpc) is 3.18. The third-order valence-corrected chi connectivity index (χ3v) is 4.54. The van der Waals surface area contributed by atoms with Crippen molar-refractivity contribution in [3.63, 3.8) is 0 Å². The summed E-state index contributed by atoms with van der Waals surface area (Å²) in [5.74, 6) is -0.876. The van der Waals surface area contributed by atoms with Crippen molar-refractivity contribution in [2.75, 3.05) is 6.54 Å². The summed E-state index contributed by atoms with van der Waals surface area (Å²) in [5, 5.41) is 14.7. The molecular weight excluding hydrogens is 232 g/mol. The normalized spacial score (nSPS) is 23.9. The molecular formula is C13H22N2O3. The maximum absolute atomic E-state index is 11.8. The number of carbonyl (C=O) groups excluding carboxylic acids is 1. The van der Waals surface area contributed by atoms with Crippen molar-refractivity contribution in [2.24, 2.45) is 11.3 Å². The van der Waals surface area contributed by atoms with Gasteiger partial charge in [0.25, 0.3) is 0 Å². The van der Waals surface area contributed by atoms with Gasteiger partial charge in [-0.1, -0.05) is 6.92 Å². The summed E-state index contributed by atoms with van der Waals surface area (Å²) in [6.45, 7) is 4.37. The second kappa shape index (κ2) is 4.44. The Morgan fingerprint density at radius 2 is 2.00 bits per heavy atom. The molecule has 2 aliphatic rings. The van der Waals surface area contributed by atoms with E-state index in [1.165, 1.54) is 0 Å². The summed E-state index contributed by atoms with van der Waals surface area (Å²) < 4.78 is 0. The summed E-state index contributed by atoms with van der Waals surface area (Å²) in [4.78, 5) is 23.1. The first kappa shape index (κ1) is 13.2. The molecule has 18 heavy (non-hydrogen) atoms. The monoisotopic (exact) mass is 254 g/mol. The van der Waals surface area contributed by atoms with E-state index in [1.54, 1.807) is 6.92 Å². The number of hydrogen-bond donors (Lipinski definition) is 3. The van der Waals surface area contributed by atoms with Crippen LogP contribution in [0.5, 0.6) is 0 Å². The fourth-order valence-electron chi connectivity index (χ4n) is 2.37. The van der Waals surface area contributed by atoms with Crippen molar-refractivity contribution < 1.29 is 14.7 Å². The zero-order chi connectivity index (χ0) is 13.4. The Balaban J connectivity index is 1.84. The maximum Gasteiger partial charge on any atom is 0.329 e. The number of hydrogen-bond acceptors (Lipinski definition) is 2. The minimum Gasteiger partial charge on any atom is -0.480 e. The van der Waals surface area contributed by atoms with Crippen LogP contribution in [-0.2, 0) is 4.79 Å². The van der Waals surface area contributed by atoms with Crippen LogP contribution in [-0.4, -0.2) is 29.2 Å². The summed E-state index contributed by atoms with van der Waals surface area (Å²) in [6.07, 6.45) is 5.13. The first-order valence-electron chi connectivity index (χ1n) is 6.71. The van der Waals surface area contributed by atoms with Gasteiger partial charge in [0, 0.05) is 6.54 Å². The lowest BCUT2D eigenvalue weighted by Gasteiger charge is -2.26. The Hall–Kier alpha value is -1.26. The number of amides is 2. The van der Waals surface area contributed by atoms with E-state index in [1.807, 2.05) is 0 Å². The number of carboxylic acid groups (broad SMARTS) is 1. The van der Waals surface area contributed by atoms with Crippen LogP contribution in [0.2, 0.25) is 0 Å². The minimum absolute atomic E-state index is 0.0711. The van der Waals surface area contributed by atoms with Gasteiger partial charge in [-0.15, -0.1) is 0 Å². The van der Waals surface area contributed by atoms with Crippen molar-refractivity contribution in [1.29, 1.82) is 0 Å². The van der Waals surface area contributed by atoms with Crippen LogP contribution in [0, 0.1) is 11.3 Å². The lowest BCUT2D eigenvalue weighted by Crippen LogP contribution is -2.57. The molecule has 0 aromatic rings. The third kappa shape index (κ3) is 2.60. The van der Waals surface area contributed by atoms with Crippen molar-refractivity contribution >= 4 is 12.0 Å². The molecule has 2 saturated carbocycles. The molecule has 0 aromatic heterocycles. The van der Waals surface area contributed by atoms with Gasteiger partial charge >= 0.3 is 12.0 Å². The molecule has 0 aliphatic heterocycles. The molecule has 0 heterocycles. The molecule has 0 bridgehead atoms. The van der Waals surface area contributed by atoms with Gasteiger partial charge in [0.2, 0.25) is 0 Å². The number of carbonyl (C=O) groups is 2.